The maximum absolute atomic E-state index is 13.8. The van der Waals surface area contributed by atoms with Crippen molar-refractivity contribution in [3.05, 3.63) is 57.1 Å². The fourth-order valence-corrected chi connectivity index (χ4v) is 4.32. The lowest BCUT2D eigenvalue weighted by Gasteiger charge is -2.33. The summed E-state index contributed by atoms with van der Waals surface area (Å²) < 4.78 is 24.5. The van der Waals surface area contributed by atoms with Crippen LogP contribution in [0.2, 0.25) is 5.02 Å². The summed E-state index contributed by atoms with van der Waals surface area (Å²) in [5.74, 6) is -1.80. The fourth-order valence-electron chi connectivity index (χ4n) is 4.04. The minimum absolute atomic E-state index is 0.163. The summed E-state index contributed by atoms with van der Waals surface area (Å²) in [4.78, 5) is 26.2. The molecule has 1 N–H and O–H groups in total. The smallest absolute Gasteiger partial charge is 0.336 e. The number of carbonyl (C=O) groups is 2. The van der Waals surface area contributed by atoms with E-state index in [9.17, 15) is 14.0 Å². The van der Waals surface area contributed by atoms with E-state index in [4.69, 9.17) is 21.1 Å². The number of allylic oxidation sites excluding steroid dienone is 2. The maximum atomic E-state index is 13.8. The topological polar surface area (TPSA) is 64.6 Å². The molecule has 1 aromatic rings. The van der Waals surface area contributed by atoms with Gasteiger partial charge >= 0.3 is 11.9 Å². The van der Waals surface area contributed by atoms with Gasteiger partial charge < -0.3 is 14.8 Å². The third-order valence-electron chi connectivity index (χ3n) is 5.66. The zero-order valence-electron chi connectivity index (χ0n) is 17.1. The molecule has 0 bridgehead atoms. The molecular formula is C23H25ClFNO4. The largest absolute Gasteiger partial charge is 0.463 e. The second-order valence-corrected chi connectivity index (χ2v) is 8.28. The van der Waals surface area contributed by atoms with Gasteiger partial charge in [-0.05, 0) is 69.1 Å². The summed E-state index contributed by atoms with van der Waals surface area (Å²) >= 11 is 6.43. The van der Waals surface area contributed by atoms with E-state index in [0.717, 1.165) is 37.1 Å². The minimum Gasteiger partial charge on any atom is -0.463 e. The first kappa shape index (κ1) is 20.9. The Morgan fingerprint density at radius 2 is 1.50 bits per heavy atom. The number of esters is 2. The van der Waals surface area contributed by atoms with Crippen molar-refractivity contribution in [1.82, 2.24) is 5.32 Å². The van der Waals surface area contributed by atoms with Crippen molar-refractivity contribution in [2.75, 3.05) is 13.2 Å². The zero-order chi connectivity index (χ0) is 21.4. The van der Waals surface area contributed by atoms with Crippen molar-refractivity contribution in [2.45, 2.75) is 45.4 Å². The third kappa shape index (κ3) is 3.97. The van der Waals surface area contributed by atoms with E-state index in [1.54, 1.807) is 19.9 Å². The molecule has 0 unspecified atom stereocenters. The van der Waals surface area contributed by atoms with Gasteiger partial charge in [0.15, 0.2) is 0 Å². The molecule has 0 aromatic heterocycles. The van der Waals surface area contributed by atoms with Gasteiger partial charge in [-0.2, -0.15) is 0 Å². The average Bonchev–Trinajstić information content (AvgIpc) is 3.60. The molecule has 0 saturated heterocycles. The van der Waals surface area contributed by atoms with E-state index in [1.165, 1.54) is 12.1 Å². The van der Waals surface area contributed by atoms with Gasteiger partial charge in [0.25, 0.3) is 0 Å². The molecule has 0 radical (unpaired) electrons. The molecule has 0 amide bonds. The Morgan fingerprint density at radius 3 is 1.90 bits per heavy atom. The second-order valence-electron chi connectivity index (χ2n) is 7.87. The fraction of sp³-hybridized carbons (Fsp3) is 0.478. The maximum Gasteiger partial charge on any atom is 0.336 e. The Balaban J connectivity index is 1.94. The number of dihydropyridines is 1. The summed E-state index contributed by atoms with van der Waals surface area (Å²) in [5.41, 5.74) is 2.85. The number of nitrogens with one attached hydrogen (secondary N) is 1. The predicted octanol–water partition coefficient (Wildman–Crippen LogP) is 4.62. The van der Waals surface area contributed by atoms with Crippen LogP contribution in [0, 0.1) is 17.7 Å². The Hall–Kier alpha value is -2.34. The van der Waals surface area contributed by atoms with E-state index in [0.29, 0.717) is 16.7 Å². The zero-order valence-corrected chi connectivity index (χ0v) is 17.9. The van der Waals surface area contributed by atoms with Gasteiger partial charge in [0.1, 0.15) is 5.82 Å². The first-order valence-electron chi connectivity index (χ1n) is 10.5. The molecule has 2 aliphatic carbocycles. The lowest BCUT2D eigenvalue weighted by Crippen LogP contribution is -2.35. The molecule has 1 aliphatic heterocycles. The Labute approximate surface area is 180 Å². The lowest BCUT2D eigenvalue weighted by molar-refractivity contribution is -0.139. The van der Waals surface area contributed by atoms with E-state index >= 15 is 0 Å². The van der Waals surface area contributed by atoms with Gasteiger partial charge in [0, 0.05) is 16.4 Å². The van der Waals surface area contributed by atoms with Crippen LogP contribution in [0.25, 0.3) is 0 Å². The number of ether oxygens (including phenoxy) is 2. The number of hydrogen-bond donors (Lipinski definition) is 1. The Bertz CT molecular complexity index is 897. The van der Waals surface area contributed by atoms with Crippen molar-refractivity contribution in [2.24, 2.45) is 11.8 Å². The highest BCUT2D eigenvalue weighted by molar-refractivity contribution is 6.31. The van der Waals surface area contributed by atoms with Gasteiger partial charge in [-0.1, -0.05) is 17.7 Å². The minimum atomic E-state index is -0.761. The van der Waals surface area contributed by atoms with Crippen LogP contribution in [-0.4, -0.2) is 25.2 Å². The number of hydrogen-bond acceptors (Lipinski definition) is 5. The van der Waals surface area contributed by atoms with Crippen molar-refractivity contribution < 1.29 is 23.5 Å². The third-order valence-corrected chi connectivity index (χ3v) is 5.99. The standard InChI is InChI=1S/C23H25ClFNO4/c1-3-29-22(27)18-17(15-10-9-14(25)11-16(15)24)19(23(28)30-4-2)21(13-7-8-13)26-20(18)12-5-6-12/h9-13,17,26H,3-8H2,1-2H3. The SMILES string of the molecule is CCOC(=O)C1=C(C2CC2)NC(C2CC2)=C(C(=O)OCC)C1c1ccc(F)cc1Cl. The van der Waals surface area contributed by atoms with Crippen LogP contribution in [-0.2, 0) is 19.1 Å². The lowest BCUT2D eigenvalue weighted by atomic mass is 9.78. The van der Waals surface area contributed by atoms with Gasteiger partial charge in [-0.15, -0.1) is 0 Å². The first-order chi connectivity index (χ1) is 14.5. The number of halogens is 2. The van der Waals surface area contributed by atoms with Gasteiger partial charge in [-0.3, -0.25) is 0 Å². The van der Waals surface area contributed by atoms with Crippen molar-refractivity contribution >= 4 is 23.5 Å². The van der Waals surface area contributed by atoms with Crippen LogP contribution in [0.3, 0.4) is 0 Å². The van der Waals surface area contributed by atoms with Gasteiger partial charge in [0.05, 0.1) is 30.3 Å². The molecule has 160 valence electrons. The van der Waals surface area contributed by atoms with E-state index in [2.05, 4.69) is 5.32 Å². The summed E-state index contributed by atoms with van der Waals surface area (Å²) in [6, 6.07) is 4.04. The summed E-state index contributed by atoms with van der Waals surface area (Å²) in [6.45, 7) is 3.89. The number of benzene rings is 1. The normalized spacial score (nSPS) is 19.6. The van der Waals surface area contributed by atoms with Gasteiger partial charge in [-0.25, -0.2) is 14.0 Å². The molecule has 0 atom stereocenters. The molecule has 1 aromatic carbocycles. The average molecular weight is 434 g/mol. The van der Waals surface area contributed by atoms with Crippen molar-refractivity contribution in [1.29, 1.82) is 0 Å². The van der Waals surface area contributed by atoms with Crippen LogP contribution < -0.4 is 5.32 Å². The first-order valence-corrected chi connectivity index (χ1v) is 10.9. The monoisotopic (exact) mass is 433 g/mol. The number of carbonyl (C=O) groups excluding carboxylic acids is 2. The van der Waals surface area contributed by atoms with Gasteiger partial charge in [0.2, 0.25) is 0 Å². The van der Waals surface area contributed by atoms with Crippen LogP contribution in [0.4, 0.5) is 4.39 Å². The summed E-state index contributed by atoms with van der Waals surface area (Å²) in [7, 11) is 0. The molecule has 2 saturated carbocycles. The molecular weight excluding hydrogens is 409 g/mol. The summed E-state index contributed by atoms with van der Waals surface area (Å²) in [6.07, 6.45) is 3.84. The molecule has 0 spiro atoms. The Morgan fingerprint density at radius 1 is 1.00 bits per heavy atom. The summed E-state index contributed by atoms with van der Waals surface area (Å²) in [5, 5.41) is 3.59. The van der Waals surface area contributed by atoms with Crippen molar-refractivity contribution in [3.63, 3.8) is 0 Å². The van der Waals surface area contributed by atoms with E-state index < -0.39 is 23.7 Å². The Kier molecular flexibility index (Phi) is 5.87. The van der Waals surface area contributed by atoms with Crippen LogP contribution in [0.1, 0.15) is 51.0 Å². The van der Waals surface area contributed by atoms with E-state index in [-0.39, 0.29) is 30.1 Å². The molecule has 2 fully saturated rings. The van der Waals surface area contributed by atoms with Crippen molar-refractivity contribution in [3.8, 4) is 0 Å². The highest BCUT2D eigenvalue weighted by Crippen LogP contribution is 2.51. The van der Waals surface area contributed by atoms with Crippen LogP contribution >= 0.6 is 11.6 Å². The molecule has 3 aliphatic rings. The molecule has 30 heavy (non-hydrogen) atoms. The van der Waals surface area contributed by atoms with E-state index in [1.807, 2.05) is 0 Å². The van der Waals surface area contributed by atoms with Crippen LogP contribution in [0.5, 0.6) is 0 Å². The highest BCUT2D eigenvalue weighted by atomic mass is 35.5. The van der Waals surface area contributed by atoms with Crippen LogP contribution in [0.15, 0.2) is 40.7 Å². The molecule has 4 rings (SSSR count). The molecule has 5 nitrogen and oxygen atoms in total. The highest BCUT2D eigenvalue weighted by Gasteiger charge is 2.47. The quantitative estimate of drug-likeness (QED) is 0.635. The molecule has 1 heterocycles. The molecule has 7 heteroatoms. The predicted molar refractivity (Wildman–Crippen MR) is 110 cm³/mol. The second kappa shape index (κ2) is 8.42. The number of rotatable bonds is 7.